The van der Waals surface area contributed by atoms with Gasteiger partial charge < -0.3 is 11.1 Å². The summed E-state index contributed by atoms with van der Waals surface area (Å²) >= 11 is 0. The number of benzene rings is 1. The molecule has 4 nitrogen and oxygen atoms in total. The Hall–Kier alpha value is -1.55. The molecule has 0 spiro atoms. The molecule has 0 aliphatic rings. The Bertz CT molecular complexity index is 447. The minimum absolute atomic E-state index is 0.789. The van der Waals surface area contributed by atoms with Crippen LogP contribution in [0, 0.1) is 0 Å². The minimum Gasteiger partial charge on any atom is -0.399 e. The third-order valence-corrected chi connectivity index (χ3v) is 2.39. The molecule has 0 atom stereocenters. The number of nitrogen functional groups attached to an aromatic ring is 1. The summed E-state index contributed by atoms with van der Waals surface area (Å²) in [6.07, 6.45) is 3.13. The largest absolute Gasteiger partial charge is 0.399 e. The van der Waals surface area contributed by atoms with E-state index < -0.39 is 0 Å². The van der Waals surface area contributed by atoms with Gasteiger partial charge >= 0.3 is 0 Å². The lowest BCUT2D eigenvalue weighted by Crippen LogP contribution is -2.11. The highest BCUT2D eigenvalue weighted by Gasteiger charge is 2.00. The molecule has 80 valence electrons. The predicted molar refractivity (Wildman–Crippen MR) is 62.7 cm³/mol. The van der Waals surface area contributed by atoms with E-state index in [9.17, 15) is 0 Å². The van der Waals surface area contributed by atoms with Gasteiger partial charge in [0, 0.05) is 23.8 Å². The highest BCUT2D eigenvalue weighted by atomic mass is 15.3. The van der Waals surface area contributed by atoms with Gasteiger partial charge in [-0.15, -0.1) is 0 Å². The molecule has 4 heteroatoms. The lowest BCUT2D eigenvalue weighted by atomic mass is 10.2. The molecule has 0 bridgehead atoms. The molecule has 1 aromatic heterocycles. The number of aryl methyl sites for hydroxylation is 1. The molecule has 0 fully saturated rings. The zero-order chi connectivity index (χ0) is 10.7. The second-order valence-electron chi connectivity index (χ2n) is 3.67. The number of rotatable bonds is 4. The summed E-state index contributed by atoms with van der Waals surface area (Å²) in [7, 11) is 1.96. The number of aromatic nitrogens is 2. The van der Waals surface area contributed by atoms with E-state index in [4.69, 9.17) is 5.73 Å². The Labute approximate surface area is 89.1 Å². The summed E-state index contributed by atoms with van der Waals surface area (Å²) in [5.74, 6) is 0. The Morgan fingerprint density at radius 3 is 3.13 bits per heavy atom. The number of anilines is 1. The van der Waals surface area contributed by atoms with Crippen molar-refractivity contribution in [1.29, 1.82) is 0 Å². The van der Waals surface area contributed by atoms with Crippen molar-refractivity contribution < 1.29 is 0 Å². The third-order valence-electron chi connectivity index (χ3n) is 2.39. The summed E-state index contributed by atoms with van der Waals surface area (Å²) in [6, 6.07) is 5.80. The number of nitrogens with two attached hydrogens (primary N) is 1. The molecule has 0 radical (unpaired) electrons. The molecule has 2 aromatic rings. The standard InChI is InChI=1S/C11H16N4/c1-13-5-2-6-15-8-9-7-10(12)3-4-11(9)14-15/h3-4,7-8,13H,2,5-6,12H2,1H3. The first-order valence-corrected chi connectivity index (χ1v) is 5.17. The fraction of sp³-hybridized carbons (Fsp3) is 0.364. The first-order valence-electron chi connectivity index (χ1n) is 5.17. The molecule has 3 N–H and O–H groups in total. The summed E-state index contributed by atoms with van der Waals surface area (Å²) < 4.78 is 1.97. The van der Waals surface area contributed by atoms with Crippen LogP contribution in [0.3, 0.4) is 0 Å². The molecule has 0 amide bonds. The molecular formula is C11H16N4. The van der Waals surface area contributed by atoms with Crippen LogP contribution >= 0.6 is 0 Å². The van der Waals surface area contributed by atoms with E-state index in [-0.39, 0.29) is 0 Å². The first-order chi connectivity index (χ1) is 7.29. The van der Waals surface area contributed by atoms with Gasteiger partial charge in [-0.25, -0.2) is 0 Å². The molecule has 0 saturated heterocycles. The Morgan fingerprint density at radius 1 is 1.47 bits per heavy atom. The van der Waals surface area contributed by atoms with Crippen LogP contribution in [0.25, 0.3) is 10.9 Å². The van der Waals surface area contributed by atoms with E-state index in [1.807, 2.05) is 36.1 Å². The first kappa shape index (κ1) is 9.98. The highest BCUT2D eigenvalue weighted by molar-refractivity contribution is 5.81. The molecule has 2 rings (SSSR count). The zero-order valence-corrected chi connectivity index (χ0v) is 8.90. The van der Waals surface area contributed by atoms with E-state index in [0.717, 1.165) is 36.1 Å². The van der Waals surface area contributed by atoms with Gasteiger partial charge in [0.15, 0.2) is 0 Å². The molecule has 15 heavy (non-hydrogen) atoms. The molecule has 1 heterocycles. The number of nitrogens with zero attached hydrogens (tertiary/aromatic N) is 2. The summed E-state index contributed by atoms with van der Waals surface area (Å²) in [4.78, 5) is 0. The van der Waals surface area contributed by atoms with Gasteiger partial charge in [0.2, 0.25) is 0 Å². The summed E-state index contributed by atoms with van der Waals surface area (Å²) in [6.45, 7) is 1.95. The third kappa shape index (κ3) is 2.27. The van der Waals surface area contributed by atoms with E-state index in [1.165, 1.54) is 0 Å². The molecule has 0 unspecified atom stereocenters. The molecule has 0 aliphatic carbocycles. The van der Waals surface area contributed by atoms with Crippen molar-refractivity contribution in [3.8, 4) is 0 Å². The van der Waals surface area contributed by atoms with Crippen LogP contribution in [0.4, 0.5) is 5.69 Å². The van der Waals surface area contributed by atoms with Crippen LogP contribution in [0.15, 0.2) is 24.4 Å². The smallest absolute Gasteiger partial charge is 0.0924 e. The molecule has 0 saturated carbocycles. The van der Waals surface area contributed by atoms with Gasteiger partial charge in [-0.1, -0.05) is 0 Å². The Balaban J connectivity index is 2.16. The van der Waals surface area contributed by atoms with Crippen LogP contribution in [-0.4, -0.2) is 23.4 Å². The second-order valence-corrected chi connectivity index (χ2v) is 3.67. The predicted octanol–water partition coefficient (Wildman–Crippen LogP) is 1.23. The van der Waals surface area contributed by atoms with Crippen molar-refractivity contribution in [2.75, 3.05) is 19.3 Å². The fourth-order valence-corrected chi connectivity index (χ4v) is 1.63. The maximum absolute atomic E-state index is 5.71. The van der Waals surface area contributed by atoms with Crippen LogP contribution in [0.2, 0.25) is 0 Å². The fourth-order valence-electron chi connectivity index (χ4n) is 1.63. The van der Waals surface area contributed by atoms with E-state index in [0.29, 0.717) is 0 Å². The van der Waals surface area contributed by atoms with Crippen molar-refractivity contribution in [2.24, 2.45) is 0 Å². The Kier molecular flexibility index (Phi) is 2.87. The highest BCUT2D eigenvalue weighted by Crippen LogP contribution is 2.15. The zero-order valence-electron chi connectivity index (χ0n) is 8.90. The normalized spacial score (nSPS) is 11.0. The van der Waals surface area contributed by atoms with Gasteiger partial charge in [-0.05, 0) is 38.2 Å². The van der Waals surface area contributed by atoms with Gasteiger partial charge in [0.1, 0.15) is 0 Å². The minimum atomic E-state index is 0.789. The number of fused-ring (bicyclic) bond motifs is 1. The lowest BCUT2D eigenvalue weighted by Gasteiger charge is -1.99. The van der Waals surface area contributed by atoms with Gasteiger partial charge in [-0.2, -0.15) is 5.10 Å². The van der Waals surface area contributed by atoms with Gasteiger partial charge in [0.25, 0.3) is 0 Å². The van der Waals surface area contributed by atoms with Crippen molar-refractivity contribution in [3.63, 3.8) is 0 Å². The average Bonchev–Trinajstić information content (AvgIpc) is 2.60. The van der Waals surface area contributed by atoms with Crippen molar-refractivity contribution in [1.82, 2.24) is 15.1 Å². The number of hydrogen-bond donors (Lipinski definition) is 2. The van der Waals surface area contributed by atoms with E-state index in [1.54, 1.807) is 0 Å². The van der Waals surface area contributed by atoms with Crippen molar-refractivity contribution in [2.45, 2.75) is 13.0 Å². The monoisotopic (exact) mass is 204 g/mol. The second kappa shape index (κ2) is 4.31. The topological polar surface area (TPSA) is 55.9 Å². The number of hydrogen-bond acceptors (Lipinski definition) is 3. The molecule has 0 aliphatic heterocycles. The quantitative estimate of drug-likeness (QED) is 0.581. The van der Waals surface area contributed by atoms with Crippen LogP contribution in [0.5, 0.6) is 0 Å². The molecule has 1 aromatic carbocycles. The lowest BCUT2D eigenvalue weighted by molar-refractivity contribution is 0.566. The van der Waals surface area contributed by atoms with Crippen LogP contribution in [0.1, 0.15) is 6.42 Å². The van der Waals surface area contributed by atoms with Crippen molar-refractivity contribution in [3.05, 3.63) is 24.4 Å². The number of nitrogens with one attached hydrogen (secondary N) is 1. The van der Waals surface area contributed by atoms with E-state index >= 15 is 0 Å². The van der Waals surface area contributed by atoms with Gasteiger partial charge in [0.05, 0.1) is 5.52 Å². The maximum Gasteiger partial charge on any atom is 0.0924 e. The maximum atomic E-state index is 5.71. The average molecular weight is 204 g/mol. The summed E-state index contributed by atoms with van der Waals surface area (Å²) in [5.41, 5.74) is 7.50. The molecular weight excluding hydrogens is 188 g/mol. The van der Waals surface area contributed by atoms with Crippen LogP contribution < -0.4 is 11.1 Å². The summed E-state index contributed by atoms with van der Waals surface area (Å²) in [5, 5.41) is 8.69. The van der Waals surface area contributed by atoms with Gasteiger partial charge in [-0.3, -0.25) is 4.68 Å². The SMILES string of the molecule is CNCCCn1cc2cc(N)ccc2n1. The van der Waals surface area contributed by atoms with E-state index in [2.05, 4.69) is 10.4 Å². The Morgan fingerprint density at radius 2 is 2.33 bits per heavy atom. The van der Waals surface area contributed by atoms with Crippen LogP contribution in [-0.2, 0) is 6.54 Å². The van der Waals surface area contributed by atoms with Crippen molar-refractivity contribution >= 4 is 16.6 Å².